The average Bonchev–Trinajstić information content (AvgIpc) is 3.23. The van der Waals surface area contributed by atoms with Crippen molar-refractivity contribution in [3.63, 3.8) is 0 Å². The quantitative estimate of drug-likeness (QED) is 0.172. The summed E-state index contributed by atoms with van der Waals surface area (Å²) in [6, 6.07) is 70.7. The van der Waals surface area contributed by atoms with E-state index in [0.717, 1.165) is 51.3 Å². The Hall–Kier alpha value is -6.69. The van der Waals surface area contributed by atoms with Crippen LogP contribution in [0.5, 0.6) is 11.5 Å². The summed E-state index contributed by atoms with van der Waals surface area (Å²) in [6.45, 7) is 0. The number of hydrogen-bond acceptors (Lipinski definition) is 5. The standard InChI is InChI=1S/C48H33N3OS/c1-3-13-34(14-4-1)35-23-25-37(26-24-35)49(38-27-29-39(30-28-38)51-43-18-8-11-21-47(43)53-48-22-12-9-19-44(48)51)40-31-32-42-46(33-40)52-45-20-10-7-17-41(45)50(42)36-15-5-2-6-16-36/h1-33H. The van der Waals surface area contributed by atoms with Crippen molar-refractivity contribution in [2.45, 2.75) is 9.79 Å². The minimum atomic E-state index is 0.798. The second-order valence-electron chi connectivity index (χ2n) is 13.0. The van der Waals surface area contributed by atoms with Crippen LogP contribution >= 0.6 is 11.8 Å². The molecule has 2 aliphatic rings. The van der Waals surface area contributed by atoms with Gasteiger partial charge in [-0.15, -0.1) is 0 Å². The van der Waals surface area contributed by atoms with Gasteiger partial charge in [-0.1, -0.05) is 109 Å². The van der Waals surface area contributed by atoms with E-state index in [2.05, 4.69) is 197 Å². The zero-order valence-electron chi connectivity index (χ0n) is 28.7. The molecule has 0 bridgehead atoms. The summed E-state index contributed by atoms with van der Waals surface area (Å²) < 4.78 is 6.66. The van der Waals surface area contributed by atoms with Crippen molar-refractivity contribution in [2.24, 2.45) is 0 Å². The molecule has 0 aromatic heterocycles. The zero-order chi connectivity index (χ0) is 35.1. The summed E-state index contributed by atoms with van der Waals surface area (Å²) in [7, 11) is 0. The van der Waals surface area contributed by atoms with Gasteiger partial charge in [0.2, 0.25) is 0 Å². The van der Waals surface area contributed by atoms with Crippen LogP contribution < -0.4 is 19.4 Å². The Kier molecular flexibility index (Phi) is 7.70. The molecule has 8 aromatic carbocycles. The lowest BCUT2D eigenvalue weighted by molar-refractivity contribution is 0.477. The highest BCUT2D eigenvalue weighted by atomic mass is 32.2. The molecule has 0 amide bonds. The predicted octanol–water partition coefficient (Wildman–Crippen LogP) is 14.3. The van der Waals surface area contributed by atoms with Crippen LogP contribution in [0.3, 0.4) is 0 Å². The molecule has 0 radical (unpaired) electrons. The summed E-state index contributed by atoms with van der Waals surface area (Å²) in [6.07, 6.45) is 0. The molecule has 0 unspecified atom stereocenters. The lowest BCUT2D eigenvalue weighted by Gasteiger charge is -2.34. The van der Waals surface area contributed by atoms with E-state index in [9.17, 15) is 0 Å². The molecular weight excluding hydrogens is 667 g/mol. The van der Waals surface area contributed by atoms with Crippen LogP contribution in [0, 0.1) is 0 Å². The first-order valence-electron chi connectivity index (χ1n) is 17.8. The highest BCUT2D eigenvalue weighted by Gasteiger charge is 2.28. The molecule has 0 fully saturated rings. The van der Waals surface area contributed by atoms with Crippen LogP contribution in [-0.4, -0.2) is 0 Å². The Balaban J connectivity index is 1.08. The second-order valence-corrected chi connectivity index (χ2v) is 14.1. The molecule has 2 aliphatic heterocycles. The van der Waals surface area contributed by atoms with Crippen molar-refractivity contribution in [2.75, 3.05) is 14.7 Å². The van der Waals surface area contributed by atoms with Gasteiger partial charge in [-0.05, 0) is 108 Å². The van der Waals surface area contributed by atoms with Crippen LogP contribution in [-0.2, 0) is 0 Å². The van der Waals surface area contributed by atoms with Crippen molar-refractivity contribution >= 4 is 62.9 Å². The largest absolute Gasteiger partial charge is 0.453 e. The van der Waals surface area contributed by atoms with E-state index in [-0.39, 0.29) is 0 Å². The summed E-state index contributed by atoms with van der Waals surface area (Å²) >= 11 is 1.82. The van der Waals surface area contributed by atoms with Gasteiger partial charge < -0.3 is 19.4 Å². The van der Waals surface area contributed by atoms with E-state index >= 15 is 0 Å². The third-order valence-electron chi connectivity index (χ3n) is 9.81. The van der Waals surface area contributed by atoms with Crippen molar-refractivity contribution in [1.82, 2.24) is 0 Å². The molecule has 0 atom stereocenters. The van der Waals surface area contributed by atoms with Gasteiger partial charge in [-0.3, -0.25) is 0 Å². The fourth-order valence-corrected chi connectivity index (χ4v) is 8.41. The first-order chi connectivity index (χ1) is 26.3. The molecule has 4 nitrogen and oxygen atoms in total. The van der Waals surface area contributed by atoms with Crippen molar-refractivity contribution in [3.8, 4) is 22.6 Å². The maximum absolute atomic E-state index is 6.66. The minimum absolute atomic E-state index is 0.798. The van der Waals surface area contributed by atoms with Gasteiger partial charge in [0.15, 0.2) is 11.5 Å². The number of nitrogens with zero attached hydrogens (tertiary/aromatic N) is 3. The molecule has 5 heteroatoms. The molecular formula is C48H33N3OS. The first kappa shape index (κ1) is 31.1. The number of fused-ring (bicyclic) bond motifs is 4. The van der Waals surface area contributed by atoms with Gasteiger partial charge in [0, 0.05) is 44.3 Å². The fourth-order valence-electron chi connectivity index (χ4n) is 7.35. The molecule has 0 aliphatic carbocycles. The van der Waals surface area contributed by atoms with Crippen molar-refractivity contribution in [3.05, 3.63) is 200 Å². The minimum Gasteiger partial charge on any atom is -0.453 e. The number of ether oxygens (including phenoxy) is 1. The van der Waals surface area contributed by atoms with E-state index in [1.165, 1.54) is 32.3 Å². The first-order valence-corrected chi connectivity index (χ1v) is 18.6. The van der Waals surface area contributed by atoms with Crippen molar-refractivity contribution in [1.29, 1.82) is 0 Å². The molecule has 10 rings (SSSR count). The molecule has 252 valence electrons. The second kappa shape index (κ2) is 13.1. The predicted molar refractivity (Wildman–Crippen MR) is 220 cm³/mol. The van der Waals surface area contributed by atoms with Gasteiger partial charge in [-0.25, -0.2) is 0 Å². The normalized spacial score (nSPS) is 12.5. The number of benzene rings is 8. The third kappa shape index (κ3) is 5.59. The van der Waals surface area contributed by atoms with Crippen LogP contribution in [0.25, 0.3) is 11.1 Å². The number of para-hydroxylation sites is 5. The summed E-state index contributed by atoms with van der Waals surface area (Å²) in [5, 5.41) is 0. The summed E-state index contributed by atoms with van der Waals surface area (Å²) in [5.74, 6) is 1.62. The molecule has 0 saturated heterocycles. The van der Waals surface area contributed by atoms with E-state index in [1.54, 1.807) is 0 Å². The number of anilines is 9. The monoisotopic (exact) mass is 699 g/mol. The summed E-state index contributed by atoms with van der Waals surface area (Å²) in [5.41, 5.74) is 12.0. The SMILES string of the molecule is c1ccc(-c2ccc(N(c3ccc(N4c5ccccc5Sc5ccccc54)cc3)c3ccc4c(c3)Oc3ccccc3N4c3ccccc3)cc2)cc1. The fraction of sp³-hybridized carbons (Fsp3) is 0. The number of rotatable bonds is 6. The Morgan fingerprint density at radius 1 is 0.358 bits per heavy atom. The van der Waals surface area contributed by atoms with Crippen LogP contribution in [0.1, 0.15) is 0 Å². The third-order valence-corrected chi connectivity index (χ3v) is 10.9. The van der Waals surface area contributed by atoms with Gasteiger partial charge >= 0.3 is 0 Å². The lowest BCUT2D eigenvalue weighted by atomic mass is 10.0. The van der Waals surface area contributed by atoms with E-state index in [1.807, 2.05) is 30.0 Å². The highest BCUT2D eigenvalue weighted by Crippen LogP contribution is 2.53. The Morgan fingerprint density at radius 2 is 0.830 bits per heavy atom. The van der Waals surface area contributed by atoms with Crippen LogP contribution in [0.2, 0.25) is 0 Å². The topological polar surface area (TPSA) is 19.0 Å². The molecule has 0 spiro atoms. The molecule has 0 N–H and O–H groups in total. The summed E-state index contributed by atoms with van der Waals surface area (Å²) in [4.78, 5) is 9.44. The molecule has 0 saturated carbocycles. The van der Waals surface area contributed by atoms with Crippen LogP contribution in [0.15, 0.2) is 210 Å². The zero-order valence-corrected chi connectivity index (χ0v) is 29.5. The lowest BCUT2D eigenvalue weighted by Crippen LogP contribution is -2.17. The number of hydrogen-bond donors (Lipinski definition) is 0. The Morgan fingerprint density at radius 3 is 1.51 bits per heavy atom. The van der Waals surface area contributed by atoms with Crippen LogP contribution in [0.4, 0.5) is 51.2 Å². The van der Waals surface area contributed by atoms with E-state index < -0.39 is 0 Å². The Bertz CT molecular complexity index is 2530. The molecule has 8 aromatic rings. The van der Waals surface area contributed by atoms with Gasteiger partial charge in [-0.2, -0.15) is 0 Å². The van der Waals surface area contributed by atoms with E-state index in [0.29, 0.717) is 0 Å². The van der Waals surface area contributed by atoms with E-state index in [4.69, 9.17) is 4.74 Å². The van der Waals surface area contributed by atoms with Gasteiger partial charge in [0.05, 0.1) is 22.7 Å². The maximum Gasteiger partial charge on any atom is 0.153 e. The van der Waals surface area contributed by atoms with Gasteiger partial charge in [0.25, 0.3) is 0 Å². The Labute approximate surface area is 313 Å². The smallest absolute Gasteiger partial charge is 0.153 e. The molecule has 53 heavy (non-hydrogen) atoms. The van der Waals surface area contributed by atoms with Gasteiger partial charge in [0.1, 0.15) is 0 Å². The molecule has 2 heterocycles. The maximum atomic E-state index is 6.66. The highest BCUT2D eigenvalue weighted by molar-refractivity contribution is 7.99. The van der Waals surface area contributed by atoms with Crippen molar-refractivity contribution < 1.29 is 4.74 Å². The average molecular weight is 700 g/mol.